The molecule has 8 rings (SSSR count). The standard InChI is InChI=1S/C30H16O/c31-26-7-3-6-22-23(26)13-18-9-11-19-14-24-21-5-2-1-4-16(21)12-17-8-10-20-15-25(22)28(18)30(19)29(20)27(17)24/h1-15,31H. The molecule has 0 heterocycles. The molecule has 1 heteroatoms. The molecule has 0 fully saturated rings. The number of phenolic OH excluding ortho intramolecular Hbond substituents is 1. The van der Waals surface area contributed by atoms with Crippen LogP contribution in [0.3, 0.4) is 0 Å². The Kier molecular flexibility index (Phi) is 2.60. The van der Waals surface area contributed by atoms with Gasteiger partial charge in [-0.3, -0.25) is 0 Å². The van der Waals surface area contributed by atoms with Gasteiger partial charge in [0.1, 0.15) is 5.75 Å². The van der Waals surface area contributed by atoms with Gasteiger partial charge in [0.05, 0.1) is 0 Å². The summed E-state index contributed by atoms with van der Waals surface area (Å²) in [6.45, 7) is 0. The van der Waals surface area contributed by atoms with E-state index in [-0.39, 0.29) is 0 Å². The van der Waals surface area contributed by atoms with Gasteiger partial charge in [-0.25, -0.2) is 0 Å². The van der Waals surface area contributed by atoms with Crippen molar-refractivity contribution >= 4 is 75.4 Å². The number of phenols is 1. The predicted octanol–water partition coefficient (Wildman–Crippen LogP) is 8.34. The van der Waals surface area contributed by atoms with E-state index in [2.05, 4.69) is 78.9 Å². The summed E-state index contributed by atoms with van der Waals surface area (Å²) in [5.41, 5.74) is 0. The lowest BCUT2D eigenvalue weighted by Crippen LogP contribution is -1.91. The molecule has 0 aliphatic heterocycles. The summed E-state index contributed by atoms with van der Waals surface area (Å²) in [7, 11) is 0. The van der Waals surface area contributed by atoms with Crippen LogP contribution in [-0.2, 0) is 0 Å². The Morgan fingerprint density at radius 3 is 1.65 bits per heavy atom. The van der Waals surface area contributed by atoms with Crippen LogP contribution in [0.25, 0.3) is 75.4 Å². The van der Waals surface area contributed by atoms with E-state index in [1.807, 2.05) is 6.07 Å². The minimum absolute atomic E-state index is 0.339. The van der Waals surface area contributed by atoms with Gasteiger partial charge in [-0.15, -0.1) is 0 Å². The van der Waals surface area contributed by atoms with Gasteiger partial charge in [-0.1, -0.05) is 60.7 Å². The molecule has 31 heavy (non-hydrogen) atoms. The second kappa shape index (κ2) is 5.14. The Hall–Kier alpha value is -4.10. The van der Waals surface area contributed by atoms with Gasteiger partial charge in [0, 0.05) is 5.39 Å². The summed E-state index contributed by atoms with van der Waals surface area (Å²) >= 11 is 0. The summed E-state index contributed by atoms with van der Waals surface area (Å²) in [4.78, 5) is 0. The van der Waals surface area contributed by atoms with Gasteiger partial charge in [-0.2, -0.15) is 0 Å². The maximum absolute atomic E-state index is 10.5. The fourth-order valence-electron chi connectivity index (χ4n) is 5.88. The first kappa shape index (κ1) is 15.7. The van der Waals surface area contributed by atoms with Crippen LogP contribution in [0, 0.1) is 0 Å². The Balaban J connectivity index is 1.76. The highest BCUT2D eigenvalue weighted by atomic mass is 16.3. The maximum atomic E-state index is 10.5. The number of hydrogen-bond donors (Lipinski definition) is 1. The number of fused-ring (bicyclic) bond motifs is 4. The van der Waals surface area contributed by atoms with Crippen LogP contribution < -0.4 is 0 Å². The molecular weight excluding hydrogens is 376 g/mol. The summed E-state index contributed by atoms with van der Waals surface area (Å²) in [5.74, 6) is 0.339. The van der Waals surface area contributed by atoms with Crippen molar-refractivity contribution in [1.82, 2.24) is 0 Å². The highest BCUT2D eigenvalue weighted by molar-refractivity contribution is 6.40. The van der Waals surface area contributed by atoms with Gasteiger partial charge in [0.2, 0.25) is 0 Å². The minimum Gasteiger partial charge on any atom is -0.507 e. The van der Waals surface area contributed by atoms with Crippen LogP contribution in [0.2, 0.25) is 0 Å². The van der Waals surface area contributed by atoms with Crippen LogP contribution in [0.5, 0.6) is 5.75 Å². The Morgan fingerprint density at radius 1 is 0.355 bits per heavy atom. The molecule has 0 bridgehead atoms. The molecule has 0 atom stereocenters. The lowest BCUT2D eigenvalue weighted by molar-refractivity contribution is 0.482. The quantitative estimate of drug-likeness (QED) is 0.203. The van der Waals surface area contributed by atoms with Gasteiger partial charge < -0.3 is 5.11 Å². The molecule has 1 N–H and O–H groups in total. The molecular formula is C30H16O. The second-order valence-electron chi connectivity index (χ2n) is 8.72. The van der Waals surface area contributed by atoms with Crippen LogP contribution in [0.4, 0.5) is 0 Å². The van der Waals surface area contributed by atoms with Crippen molar-refractivity contribution in [2.24, 2.45) is 0 Å². The molecule has 0 radical (unpaired) electrons. The SMILES string of the molecule is Oc1cccc2c1cc1ccc3cc4c5ccccc5cc5ccc6cc2c1c3c6c54. The van der Waals surface area contributed by atoms with Gasteiger partial charge >= 0.3 is 0 Å². The molecule has 0 aliphatic carbocycles. The van der Waals surface area contributed by atoms with E-state index in [9.17, 15) is 5.11 Å². The van der Waals surface area contributed by atoms with E-state index in [1.54, 1.807) is 6.07 Å². The van der Waals surface area contributed by atoms with E-state index < -0.39 is 0 Å². The first-order chi connectivity index (χ1) is 15.3. The van der Waals surface area contributed by atoms with Crippen molar-refractivity contribution < 1.29 is 5.11 Å². The maximum Gasteiger partial charge on any atom is 0.123 e. The number of rotatable bonds is 0. The Bertz CT molecular complexity index is 1990. The molecule has 0 aliphatic rings. The zero-order chi connectivity index (χ0) is 20.3. The molecule has 0 aromatic heterocycles. The normalized spacial score (nSPS) is 12.6. The zero-order valence-electron chi connectivity index (χ0n) is 16.6. The van der Waals surface area contributed by atoms with E-state index in [1.165, 1.54) is 64.6 Å². The van der Waals surface area contributed by atoms with Crippen molar-refractivity contribution in [1.29, 1.82) is 0 Å². The third-order valence-corrected chi connectivity index (χ3v) is 7.16. The van der Waals surface area contributed by atoms with E-state index >= 15 is 0 Å². The molecule has 0 spiro atoms. The lowest BCUT2D eigenvalue weighted by atomic mass is 9.84. The van der Waals surface area contributed by atoms with Crippen molar-refractivity contribution in [2.45, 2.75) is 0 Å². The average Bonchev–Trinajstić information content (AvgIpc) is 2.81. The lowest BCUT2D eigenvalue weighted by Gasteiger charge is -2.19. The fraction of sp³-hybridized carbons (Fsp3) is 0. The number of benzene rings is 8. The molecule has 0 amide bonds. The minimum atomic E-state index is 0.339. The van der Waals surface area contributed by atoms with Crippen LogP contribution >= 0.6 is 0 Å². The topological polar surface area (TPSA) is 20.2 Å². The Morgan fingerprint density at radius 2 is 0.903 bits per heavy atom. The van der Waals surface area contributed by atoms with Crippen LogP contribution in [0.1, 0.15) is 0 Å². The zero-order valence-corrected chi connectivity index (χ0v) is 16.6. The summed E-state index contributed by atoms with van der Waals surface area (Å²) in [6.07, 6.45) is 0. The van der Waals surface area contributed by atoms with E-state index in [0.29, 0.717) is 5.75 Å². The fourth-order valence-corrected chi connectivity index (χ4v) is 5.88. The predicted molar refractivity (Wildman–Crippen MR) is 133 cm³/mol. The largest absolute Gasteiger partial charge is 0.507 e. The molecule has 0 saturated heterocycles. The van der Waals surface area contributed by atoms with Crippen LogP contribution in [-0.4, -0.2) is 5.11 Å². The van der Waals surface area contributed by atoms with Crippen LogP contribution in [0.15, 0.2) is 91.0 Å². The number of hydrogen-bond acceptors (Lipinski definition) is 1. The first-order valence-electron chi connectivity index (χ1n) is 10.7. The van der Waals surface area contributed by atoms with Gasteiger partial charge in [0.25, 0.3) is 0 Å². The summed E-state index contributed by atoms with van der Waals surface area (Å²) in [5, 5.41) is 28.0. The van der Waals surface area contributed by atoms with Gasteiger partial charge in [-0.05, 0) is 100 Å². The number of aromatic hydroxyl groups is 1. The Labute approximate surface area is 177 Å². The average molecular weight is 392 g/mol. The molecule has 1 nitrogen and oxygen atoms in total. The third kappa shape index (κ3) is 1.79. The highest BCUT2D eigenvalue weighted by Crippen LogP contribution is 2.47. The van der Waals surface area contributed by atoms with Crippen molar-refractivity contribution in [2.75, 3.05) is 0 Å². The smallest absolute Gasteiger partial charge is 0.123 e. The second-order valence-corrected chi connectivity index (χ2v) is 8.72. The van der Waals surface area contributed by atoms with Crippen molar-refractivity contribution in [3.63, 3.8) is 0 Å². The molecule has 8 aromatic rings. The van der Waals surface area contributed by atoms with E-state index in [0.717, 1.165) is 10.8 Å². The summed E-state index contributed by atoms with van der Waals surface area (Å²) in [6, 6.07) is 32.6. The first-order valence-corrected chi connectivity index (χ1v) is 10.7. The monoisotopic (exact) mass is 392 g/mol. The molecule has 0 saturated carbocycles. The van der Waals surface area contributed by atoms with Crippen molar-refractivity contribution in [3.05, 3.63) is 91.0 Å². The summed E-state index contributed by atoms with van der Waals surface area (Å²) < 4.78 is 0. The molecule has 142 valence electrons. The molecule has 0 unspecified atom stereocenters. The third-order valence-electron chi connectivity index (χ3n) is 7.16. The van der Waals surface area contributed by atoms with Crippen molar-refractivity contribution in [3.8, 4) is 5.75 Å². The molecule has 8 aromatic carbocycles. The van der Waals surface area contributed by atoms with Gasteiger partial charge in [0.15, 0.2) is 0 Å². The van der Waals surface area contributed by atoms with E-state index in [4.69, 9.17) is 0 Å². The highest BCUT2D eigenvalue weighted by Gasteiger charge is 2.18.